The van der Waals surface area contributed by atoms with Gasteiger partial charge in [0.15, 0.2) is 5.96 Å². The number of para-hydroxylation sites is 1. The average molecular weight is 563 g/mol. The van der Waals surface area contributed by atoms with Gasteiger partial charge in [-0.3, -0.25) is 0 Å². The highest BCUT2D eigenvalue weighted by Gasteiger charge is 2.28. The highest BCUT2D eigenvalue weighted by Crippen LogP contribution is 2.16. The second-order valence-corrected chi connectivity index (χ2v) is 8.95. The van der Waals surface area contributed by atoms with Crippen molar-refractivity contribution >= 4 is 40.0 Å². The van der Waals surface area contributed by atoms with E-state index in [0.717, 1.165) is 23.8 Å². The minimum absolute atomic E-state index is 0. The maximum Gasteiger partial charge on any atom is 0.220 e. The number of halogens is 1. The lowest BCUT2D eigenvalue weighted by molar-refractivity contribution is 0.259. The van der Waals surface area contributed by atoms with Gasteiger partial charge in [-0.25, -0.2) is 13.4 Å². The molecule has 0 saturated carbocycles. The molecule has 31 heavy (non-hydrogen) atoms. The van der Waals surface area contributed by atoms with Crippen molar-refractivity contribution in [2.24, 2.45) is 4.99 Å². The Kier molecular flexibility index (Phi) is 10.0. The summed E-state index contributed by atoms with van der Waals surface area (Å²) in [5.74, 6) is 1.50. The molecule has 2 aromatic rings. The predicted octanol–water partition coefficient (Wildman–Crippen LogP) is 2.09. The van der Waals surface area contributed by atoms with Crippen LogP contribution in [-0.2, 0) is 15.8 Å². The van der Waals surface area contributed by atoms with E-state index in [4.69, 9.17) is 9.26 Å². The zero-order chi connectivity index (χ0) is 21.4. The van der Waals surface area contributed by atoms with Crippen LogP contribution in [0.3, 0.4) is 0 Å². The van der Waals surface area contributed by atoms with Crippen LogP contribution in [0.4, 0.5) is 0 Å². The predicted molar refractivity (Wildman–Crippen MR) is 130 cm³/mol. The summed E-state index contributed by atoms with van der Waals surface area (Å²) in [5, 5.41) is 6.98. The molecule has 1 aliphatic rings. The fourth-order valence-corrected chi connectivity index (χ4v) is 4.64. The van der Waals surface area contributed by atoms with E-state index < -0.39 is 10.0 Å². The first-order valence-electron chi connectivity index (χ1n) is 10.1. The van der Waals surface area contributed by atoms with Crippen LogP contribution >= 0.6 is 24.0 Å². The maximum absolute atomic E-state index is 12.6. The van der Waals surface area contributed by atoms with Crippen LogP contribution in [0, 0.1) is 6.92 Å². The average Bonchev–Trinajstić information content (AvgIpc) is 3.24. The molecule has 0 spiro atoms. The van der Waals surface area contributed by atoms with Crippen LogP contribution in [0.15, 0.2) is 46.1 Å². The van der Waals surface area contributed by atoms with Crippen molar-refractivity contribution in [3.05, 3.63) is 47.9 Å². The number of rotatable bonds is 8. The Morgan fingerprint density at radius 3 is 2.61 bits per heavy atom. The molecule has 2 heterocycles. The van der Waals surface area contributed by atoms with Crippen LogP contribution in [-0.4, -0.2) is 74.6 Å². The number of aliphatic imine (C=N–C) groups is 1. The first kappa shape index (κ1) is 25.4. The first-order valence-corrected chi connectivity index (χ1v) is 11.7. The molecule has 1 aromatic heterocycles. The largest absolute Gasteiger partial charge is 0.491 e. The van der Waals surface area contributed by atoms with Crippen LogP contribution in [0.1, 0.15) is 18.2 Å². The molecule has 1 saturated heterocycles. The summed E-state index contributed by atoms with van der Waals surface area (Å²) in [6, 6.07) is 9.46. The van der Waals surface area contributed by atoms with Gasteiger partial charge < -0.3 is 19.5 Å². The topological polar surface area (TPSA) is 100 Å². The number of aryl methyl sites for hydroxylation is 1. The van der Waals surface area contributed by atoms with Crippen LogP contribution in [0.25, 0.3) is 0 Å². The summed E-state index contributed by atoms with van der Waals surface area (Å²) in [4.78, 5) is 6.73. The van der Waals surface area contributed by atoms with Crippen molar-refractivity contribution in [1.82, 2.24) is 19.7 Å². The minimum Gasteiger partial charge on any atom is -0.491 e. The second-order valence-electron chi connectivity index (χ2n) is 6.98. The van der Waals surface area contributed by atoms with Crippen molar-refractivity contribution in [3.63, 3.8) is 0 Å². The van der Waals surface area contributed by atoms with Gasteiger partial charge in [0.05, 0.1) is 12.2 Å². The number of hydrogen-bond acceptors (Lipinski definition) is 6. The van der Waals surface area contributed by atoms with Crippen molar-refractivity contribution < 1.29 is 17.7 Å². The molecule has 0 bridgehead atoms. The molecule has 11 heteroatoms. The molecule has 0 unspecified atom stereocenters. The Hall–Kier alpha value is -1.86. The molecule has 0 aliphatic carbocycles. The van der Waals surface area contributed by atoms with Crippen LogP contribution in [0.5, 0.6) is 5.75 Å². The lowest BCUT2D eigenvalue weighted by atomic mass is 10.2. The van der Waals surface area contributed by atoms with Gasteiger partial charge >= 0.3 is 0 Å². The summed E-state index contributed by atoms with van der Waals surface area (Å²) in [6.45, 7) is 7.71. The molecule has 1 aromatic carbocycles. The Bertz CT molecular complexity index is 929. The van der Waals surface area contributed by atoms with Crippen molar-refractivity contribution in [3.8, 4) is 5.75 Å². The number of hydrogen-bond donors (Lipinski definition) is 1. The lowest BCUT2D eigenvalue weighted by Gasteiger charge is -2.35. The Morgan fingerprint density at radius 2 is 1.97 bits per heavy atom. The SMILES string of the molecule is CCNC(=NCCOc1ccccc1C)N1CCN(S(=O)(=O)Cc2ccon2)CC1.I. The summed E-state index contributed by atoms with van der Waals surface area (Å²) in [5.41, 5.74) is 1.51. The maximum atomic E-state index is 12.6. The lowest BCUT2D eigenvalue weighted by Crippen LogP contribution is -2.54. The molecule has 0 atom stereocenters. The van der Waals surface area contributed by atoms with Crippen molar-refractivity contribution in [2.45, 2.75) is 19.6 Å². The normalized spacial score (nSPS) is 15.4. The van der Waals surface area contributed by atoms with Crippen LogP contribution < -0.4 is 10.1 Å². The number of nitrogens with one attached hydrogen (secondary N) is 1. The standard InChI is InChI=1S/C20H29N5O4S.HI/c1-3-21-20(22-9-15-28-19-7-5-4-6-17(19)2)24-10-12-25(13-11-24)30(26,27)16-18-8-14-29-23-18;/h4-8,14H,3,9-13,15-16H2,1-2H3,(H,21,22);1H. The van der Waals surface area contributed by atoms with E-state index >= 15 is 0 Å². The molecule has 0 amide bonds. The smallest absolute Gasteiger partial charge is 0.220 e. The molecular formula is C20H30IN5O4S. The van der Waals surface area contributed by atoms with E-state index in [0.29, 0.717) is 45.0 Å². The summed E-state index contributed by atoms with van der Waals surface area (Å²) < 4.78 is 37.2. The summed E-state index contributed by atoms with van der Waals surface area (Å²) in [6.07, 6.45) is 1.38. The molecule has 1 aliphatic heterocycles. The Labute approximate surface area is 200 Å². The number of piperazine rings is 1. The fourth-order valence-electron chi connectivity index (χ4n) is 3.22. The van der Waals surface area contributed by atoms with Crippen LogP contribution in [0.2, 0.25) is 0 Å². The quantitative estimate of drug-likeness (QED) is 0.227. The monoisotopic (exact) mass is 563 g/mol. The van der Waals surface area contributed by atoms with E-state index in [9.17, 15) is 8.42 Å². The highest BCUT2D eigenvalue weighted by atomic mass is 127. The van der Waals surface area contributed by atoms with Gasteiger partial charge in [-0.1, -0.05) is 23.4 Å². The second kappa shape index (κ2) is 12.2. The third-order valence-corrected chi connectivity index (χ3v) is 6.60. The molecule has 1 fully saturated rings. The van der Waals surface area contributed by atoms with Gasteiger partial charge in [0.1, 0.15) is 24.4 Å². The fraction of sp³-hybridized carbons (Fsp3) is 0.500. The molecule has 1 N–H and O–H groups in total. The van der Waals surface area contributed by atoms with E-state index in [1.54, 1.807) is 6.07 Å². The molecule has 3 rings (SSSR count). The zero-order valence-corrected chi connectivity index (χ0v) is 21.0. The van der Waals surface area contributed by atoms with E-state index in [1.807, 2.05) is 38.1 Å². The Morgan fingerprint density at radius 1 is 1.23 bits per heavy atom. The van der Waals surface area contributed by atoms with Gasteiger partial charge in [-0.05, 0) is 25.5 Å². The van der Waals surface area contributed by atoms with E-state index in [1.165, 1.54) is 10.6 Å². The third kappa shape index (κ3) is 7.35. The number of sulfonamides is 1. The summed E-state index contributed by atoms with van der Waals surface area (Å²) in [7, 11) is -3.42. The zero-order valence-electron chi connectivity index (χ0n) is 17.9. The number of nitrogens with zero attached hydrogens (tertiary/aromatic N) is 4. The Balaban J connectivity index is 0.00000341. The highest BCUT2D eigenvalue weighted by molar-refractivity contribution is 14.0. The van der Waals surface area contributed by atoms with Gasteiger partial charge in [-0.2, -0.15) is 4.31 Å². The van der Waals surface area contributed by atoms with E-state index in [2.05, 4.69) is 20.4 Å². The van der Waals surface area contributed by atoms with Crippen molar-refractivity contribution in [1.29, 1.82) is 0 Å². The molecule has 172 valence electrons. The summed E-state index contributed by atoms with van der Waals surface area (Å²) >= 11 is 0. The van der Waals surface area contributed by atoms with Crippen molar-refractivity contribution in [2.75, 3.05) is 45.9 Å². The third-order valence-electron chi connectivity index (χ3n) is 4.79. The molecule has 0 radical (unpaired) electrons. The minimum atomic E-state index is -3.42. The first-order chi connectivity index (χ1) is 14.5. The number of benzene rings is 1. The van der Waals surface area contributed by atoms with E-state index in [-0.39, 0.29) is 29.7 Å². The molecule has 9 nitrogen and oxygen atoms in total. The van der Waals surface area contributed by atoms with Gasteiger partial charge in [-0.15, -0.1) is 24.0 Å². The number of aromatic nitrogens is 1. The van der Waals surface area contributed by atoms with Gasteiger partial charge in [0.2, 0.25) is 10.0 Å². The number of ether oxygens (including phenoxy) is 1. The van der Waals surface area contributed by atoms with Gasteiger partial charge in [0, 0.05) is 38.8 Å². The number of guanidine groups is 1. The molecular weight excluding hydrogens is 533 g/mol. The van der Waals surface area contributed by atoms with Gasteiger partial charge in [0.25, 0.3) is 0 Å².